The molecule has 0 aliphatic carbocycles. The maximum Gasteiger partial charge on any atom is 0.270 e. The lowest BCUT2D eigenvalue weighted by Crippen LogP contribution is -2.50. The van der Waals surface area contributed by atoms with E-state index >= 15 is 0 Å². The molecular formula is C30H32N2O5S. The molecule has 0 spiro atoms. The number of aryl methyl sites for hydroxylation is 1. The van der Waals surface area contributed by atoms with E-state index in [9.17, 15) is 18.0 Å². The van der Waals surface area contributed by atoms with E-state index in [-0.39, 0.29) is 16.9 Å². The topological polar surface area (TPSA) is 102 Å². The highest BCUT2D eigenvalue weighted by atomic mass is 32.2. The van der Waals surface area contributed by atoms with Gasteiger partial charge in [-0.2, -0.15) is 0 Å². The van der Waals surface area contributed by atoms with E-state index in [1.165, 1.54) is 12.1 Å². The van der Waals surface area contributed by atoms with Crippen molar-refractivity contribution < 1.29 is 22.7 Å². The molecule has 0 saturated carbocycles. The van der Waals surface area contributed by atoms with Crippen molar-refractivity contribution in [3.63, 3.8) is 0 Å². The summed E-state index contributed by atoms with van der Waals surface area (Å²) in [7, 11) is -4.17. The average Bonchev–Trinajstić information content (AvgIpc) is 2.89. The summed E-state index contributed by atoms with van der Waals surface area (Å²) in [6.45, 7) is 6.57. The van der Waals surface area contributed by atoms with Crippen LogP contribution in [0.3, 0.4) is 0 Å². The van der Waals surface area contributed by atoms with E-state index in [2.05, 4.69) is 17.0 Å². The third-order valence-corrected chi connectivity index (χ3v) is 7.96. The normalized spacial score (nSPS) is 17.6. The third kappa shape index (κ3) is 5.97. The van der Waals surface area contributed by atoms with E-state index in [4.69, 9.17) is 4.74 Å². The second kappa shape index (κ2) is 11.2. The fourth-order valence-corrected chi connectivity index (χ4v) is 5.42. The Morgan fingerprint density at radius 2 is 1.66 bits per heavy atom. The molecule has 7 nitrogen and oxygen atoms in total. The maximum absolute atomic E-state index is 13.5. The van der Waals surface area contributed by atoms with Crippen molar-refractivity contribution in [1.82, 2.24) is 10.0 Å². The summed E-state index contributed by atoms with van der Waals surface area (Å²) in [5.41, 5.74) is 1.97. The van der Waals surface area contributed by atoms with Crippen LogP contribution in [0.15, 0.2) is 89.3 Å². The van der Waals surface area contributed by atoms with Gasteiger partial charge in [0.15, 0.2) is 0 Å². The summed E-state index contributed by atoms with van der Waals surface area (Å²) < 4.78 is 33.6. The zero-order chi connectivity index (χ0) is 27.3. The number of benzene rings is 3. The fourth-order valence-electron chi connectivity index (χ4n) is 4.44. The largest absolute Gasteiger partial charge is 0.494 e. The van der Waals surface area contributed by atoms with Crippen molar-refractivity contribution in [1.29, 1.82) is 0 Å². The number of ether oxygens (including phenoxy) is 1. The number of hydrogen-bond acceptors (Lipinski definition) is 5. The van der Waals surface area contributed by atoms with E-state index < -0.39 is 27.4 Å². The lowest BCUT2D eigenvalue weighted by atomic mass is 9.78. The van der Waals surface area contributed by atoms with Gasteiger partial charge in [-0.25, -0.2) is 13.1 Å². The van der Waals surface area contributed by atoms with Crippen LogP contribution in [0, 0.1) is 6.92 Å². The monoisotopic (exact) mass is 532 g/mol. The van der Waals surface area contributed by atoms with Crippen molar-refractivity contribution >= 4 is 27.4 Å². The predicted octanol–water partition coefficient (Wildman–Crippen LogP) is 4.87. The number of amides is 2. The minimum Gasteiger partial charge on any atom is -0.494 e. The van der Waals surface area contributed by atoms with Gasteiger partial charge >= 0.3 is 0 Å². The van der Waals surface area contributed by atoms with Gasteiger partial charge in [0.1, 0.15) is 11.3 Å². The highest BCUT2D eigenvalue weighted by Gasteiger charge is 2.40. The zero-order valence-electron chi connectivity index (χ0n) is 21.8. The van der Waals surface area contributed by atoms with Crippen LogP contribution in [0.25, 0.3) is 5.57 Å². The molecular weight excluding hydrogens is 500 g/mol. The Labute approximate surface area is 224 Å². The Morgan fingerprint density at radius 1 is 1.00 bits per heavy atom. The van der Waals surface area contributed by atoms with E-state index in [1.807, 2.05) is 62.4 Å². The first-order valence-corrected chi connectivity index (χ1v) is 14.1. The van der Waals surface area contributed by atoms with Crippen molar-refractivity contribution in [2.24, 2.45) is 0 Å². The summed E-state index contributed by atoms with van der Waals surface area (Å²) in [5.74, 6) is -0.865. The first-order valence-electron chi connectivity index (χ1n) is 12.6. The van der Waals surface area contributed by atoms with Crippen LogP contribution >= 0.6 is 0 Å². The molecule has 0 bridgehead atoms. The number of rotatable bonds is 9. The summed E-state index contributed by atoms with van der Waals surface area (Å²) in [6, 6.07) is 22.6. The first-order chi connectivity index (χ1) is 18.1. The molecule has 8 heteroatoms. The molecule has 2 amide bonds. The van der Waals surface area contributed by atoms with Gasteiger partial charge in [-0.05, 0) is 61.2 Å². The third-order valence-electron chi connectivity index (χ3n) is 6.61. The lowest BCUT2D eigenvalue weighted by molar-refractivity contribution is -0.124. The molecule has 0 aromatic heterocycles. The molecule has 0 unspecified atom stereocenters. The minimum atomic E-state index is -4.17. The van der Waals surface area contributed by atoms with Gasteiger partial charge in [-0.15, -0.1) is 0 Å². The van der Waals surface area contributed by atoms with Crippen LogP contribution in [0.2, 0.25) is 0 Å². The highest BCUT2D eigenvalue weighted by Crippen LogP contribution is 2.39. The Kier molecular flexibility index (Phi) is 8.02. The molecule has 1 aliphatic rings. The summed E-state index contributed by atoms with van der Waals surface area (Å²) in [6.07, 6.45) is 2.29. The molecule has 3 aromatic carbocycles. The summed E-state index contributed by atoms with van der Waals surface area (Å²) >= 11 is 0. The highest BCUT2D eigenvalue weighted by molar-refractivity contribution is 7.90. The first kappa shape index (κ1) is 27.1. The SMILES string of the molecule is CCCCOc1ccc([C@]2(C)CC(c3ccc(C)cc3)=C(C(=O)NS(=O)(=O)c3ccccc3)C(=O)N2)cc1. The Balaban J connectivity index is 1.70. The summed E-state index contributed by atoms with van der Waals surface area (Å²) in [4.78, 5) is 26.8. The van der Waals surface area contributed by atoms with E-state index in [0.29, 0.717) is 17.7 Å². The smallest absolute Gasteiger partial charge is 0.270 e. The molecule has 1 heterocycles. The quantitative estimate of drug-likeness (QED) is 0.303. The predicted molar refractivity (Wildman–Crippen MR) is 147 cm³/mol. The zero-order valence-corrected chi connectivity index (χ0v) is 22.6. The molecule has 4 rings (SSSR count). The van der Waals surface area contributed by atoms with Crippen molar-refractivity contribution in [2.45, 2.75) is 50.5 Å². The Bertz CT molecular complexity index is 1450. The van der Waals surface area contributed by atoms with Gasteiger partial charge in [-0.1, -0.05) is 73.5 Å². The number of hydrogen-bond donors (Lipinski definition) is 2. The molecule has 38 heavy (non-hydrogen) atoms. The number of carbonyl (C=O) groups excluding carboxylic acids is 2. The number of nitrogens with one attached hydrogen (secondary N) is 2. The molecule has 1 atom stereocenters. The second-order valence-electron chi connectivity index (χ2n) is 9.66. The van der Waals surface area contributed by atoms with Crippen LogP contribution in [0.4, 0.5) is 0 Å². The van der Waals surface area contributed by atoms with Crippen LogP contribution in [0.1, 0.15) is 49.8 Å². The lowest BCUT2D eigenvalue weighted by Gasteiger charge is -2.37. The van der Waals surface area contributed by atoms with Crippen molar-refractivity contribution in [2.75, 3.05) is 6.61 Å². The molecule has 0 saturated heterocycles. The van der Waals surface area contributed by atoms with Crippen molar-refractivity contribution in [3.05, 3.63) is 101 Å². The molecule has 1 aliphatic heterocycles. The van der Waals surface area contributed by atoms with E-state index in [0.717, 1.165) is 29.7 Å². The standard InChI is InChI=1S/C30H32N2O5S/c1-4-5-19-37-24-17-15-23(16-18-24)30(3)20-26(22-13-11-21(2)12-14-22)27(28(33)31-30)29(34)32-38(35,36)25-9-7-6-8-10-25/h6-18H,4-5,19-20H2,1-3H3,(H,31,33)(H,32,34)/t30-/m0/s1. The van der Waals surface area contributed by atoms with Crippen LogP contribution in [-0.4, -0.2) is 26.8 Å². The van der Waals surface area contributed by atoms with Crippen LogP contribution in [0.5, 0.6) is 5.75 Å². The van der Waals surface area contributed by atoms with E-state index in [1.54, 1.807) is 18.2 Å². The average molecular weight is 533 g/mol. The Hall–Kier alpha value is -3.91. The van der Waals surface area contributed by atoms with Gasteiger partial charge in [0.05, 0.1) is 17.0 Å². The number of carbonyl (C=O) groups is 2. The van der Waals surface area contributed by atoms with Crippen LogP contribution < -0.4 is 14.8 Å². The van der Waals surface area contributed by atoms with Gasteiger partial charge in [0.25, 0.3) is 21.8 Å². The van der Waals surface area contributed by atoms with Gasteiger partial charge in [0.2, 0.25) is 0 Å². The van der Waals surface area contributed by atoms with Gasteiger partial charge in [-0.3, -0.25) is 9.59 Å². The molecule has 0 fully saturated rings. The van der Waals surface area contributed by atoms with Gasteiger partial charge < -0.3 is 10.1 Å². The van der Waals surface area contributed by atoms with Crippen molar-refractivity contribution in [3.8, 4) is 5.75 Å². The number of sulfonamides is 1. The van der Waals surface area contributed by atoms with Crippen LogP contribution in [-0.2, 0) is 25.2 Å². The second-order valence-corrected chi connectivity index (χ2v) is 11.3. The molecule has 3 aromatic rings. The minimum absolute atomic E-state index is 0.0619. The molecule has 198 valence electrons. The molecule has 2 N–H and O–H groups in total. The fraction of sp³-hybridized carbons (Fsp3) is 0.267. The number of unbranched alkanes of at least 4 members (excludes halogenated alkanes) is 1. The maximum atomic E-state index is 13.5. The summed E-state index contributed by atoms with van der Waals surface area (Å²) in [5, 5.41) is 2.96. The Morgan fingerprint density at radius 3 is 2.29 bits per heavy atom. The molecule has 0 radical (unpaired) electrons. The van der Waals surface area contributed by atoms with Gasteiger partial charge in [0, 0.05) is 6.42 Å².